The molecule has 2 rings (SSSR count). The van der Waals surface area contributed by atoms with Crippen molar-refractivity contribution in [2.75, 3.05) is 23.8 Å². The Labute approximate surface area is 120 Å². The summed E-state index contributed by atoms with van der Waals surface area (Å²) < 4.78 is 0. The second-order valence-electron chi connectivity index (χ2n) is 4.50. The molecule has 2 heterocycles. The normalized spacial score (nSPS) is 10.3. The van der Waals surface area contributed by atoms with Gasteiger partial charge in [-0.2, -0.15) is 0 Å². The highest BCUT2D eigenvalue weighted by Crippen LogP contribution is 2.18. The van der Waals surface area contributed by atoms with E-state index >= 15 is 0 Å². The smallest absolute Gasteiger partial charge is 0.134 e. The van der Waals surface area contributed by atoms with Crippen LogP contribution in [0.5, 0.6) is 0 Å². The molecule has 0 aliphatic carbocycles. The van der Waals surface area contributed by atoms with Crippen molar-refractivity contribution in [1.82, 2.24) is 15.0 Å². The predicted molar refractivity (Wildman–Crippen MR) is 81.9 cm³/mol. The van der Waals surface area contributed by atoms with E-state index in [1.807, 2.05) is 37.6 Å². The van der Waals surface area contributed by atoms with Gasteiger partial charge in [0.1, 0.15) is 17.5 Å². The highest BCUT2D eigenvalue weighted by Gasteiger charge is 2.10. The van der Waals surface area contributed by atoms with Gasteiger partial charge in [0.15, 0.2) is 0 Å². The largest absolute Gasteiger partial charge is 0.373 e. The lowest BCUT2D eigenvalue weighted by atomic mass is 10.2. The number of hydrogen-bond acceptors (Lipinski definition) is 5. The topological polar surface area (TPSA) is 53.9 Å². The minimum Gasteiger partial charge on any atom is -0.373 e. The second-order valence-corrected chi connectivity index (χ2v) is 4.50. The zero-order valence-electron chi connectivity index (χ0n) is 12.3. The Kier molecular flexibility index (Phi) is 4.87. The third kappa shape index (κ3) is 3.44. The Balaban J connectivity index is 2.26. The lowest BCUT2D eigenvalue weighted by Gasteiger charge is -2.23. The standard InChI is InChI=1S/C15H21N5/c1-4-13-18-14(16-3)10-15(19-13)20(5-2)11-12-6-8-17-9-7-12/h6-10H,4-5,11H2,1-3H3,(H,16,18,19). The second kappa shape index (κ2) is 6.84. The summed E-state index contributed by atoms with van der Waals surface area (Å²) in [7, 11) is 1.88. The van der Waals surface area contributed by atoms with Crippen LogP contribution < -0.4 is 10.2 Å². The van der Waals surface area contributed by atoms with Crippen LogP contribution in [0.25, 0.3) is 0 Å². The first kappa shape index (κ1) is 14.2. The Morgan fingerprint density at radius 1 is 1.15 bits per heavy atom. The van der Waals surface area contributed by atoms with Gasteiger partial charge in [-0.1, -0.05) is 6.92 Å². The van der Waals surface area contributed by atoms with E-state index in [1.165, 1.54) is 5.56 Å². The van der Waals surface area contributed by atoms with Gasteiger partial charge in [0.2, 0.25) is 0 Å². The third-order valence-corrected chi connectivity index (χ3v) is 3.16. The fourth-order valence-electron chi connectivity index (χ4n) is 1.99. The first-order valence-electron chi connectivity index (χ1n) is 6.96. The van der Waals surface area contributed by atoms with E-state index in [4.69, 9.17) is 0 Å². The Hall–Kier alpha value is -2.17. The first-order valence-corrected chi connectivity index (χ1v) is 6.96. The van der Waals surface area contributed by atoms with Gasteiger partial charge in [-0.05, 0) is 24.6 Å². The highest BCUT2D eigenvalue weighted by atomic mass is 15.2. The van der Waals surface area contributed by atoms with Gasteiger partial charge >= 0.3 is 0 Å². The molecule has 0 spiro atoms. The number of pyridine rings is 1. The van der Waals surface area contributed by atoms with E-state index in [9.17, 15) is 0 Å². The van der Waals surface area contributed by atoms with Gasteiger partial charge in [-0.3, -0.25) is 4.98 Å². The van der Waals surface area contributed by atoms with Crippen LogP contribution in [0.15, 0.2) is 30.6 Å². The van der Waals surface area contributed by atoms with E-state index in [0.29, 0.717) is 0 Å². The molecule has 106 valence electrons. The van der Waals surface area contributed by atoms with E-state index in [2.05, 4.69) is 39.0 Å². The lowest BCUT2D eigenvalue weighted by Crippen LogP contribution is -2.24. The van der Waals surface area contributed by atoms with E-state index in [-0.39, 0.29) is 0 Å². The van der Waals surface area contributed by atoms with E-state index in [0.717, 1.165) is 37.0 Å². The molecule has 2 aromatic heterocycles. The predicted octanol–water partition coefficient (Wildman–Crippen LogP) is 2.50. The Bertz CT molecular complexity index is 519. The number of nitrogens with zero attached hydrogens (tertiary/aromatic N) is 4. The van der Waals surface area contributed by atoms with Crippen molar-refractivity contribution in [3.8, 4) is 0 Å². The number of rotatable bonds is 6. The van der Waals surface area contributed by atoms with Crippen molar-refractivity contribution in [2.24, 2.45) is 0 Å². The van der Waals surface area contributed by atoms with Crippen LogP contribution in [-0.4, -0.2) is 28.5 Å². The first-order chi connectivity index (χ1) is 9.76. The molecular weight excluding hydrogens is 250 g/mol. The number of aryl methyl sites for hydroxylation is 1. The fourth-order valence-corrected chi connectivity index (χ4v) is 1.99. The average molecular weight is 271 g/mol. The van der Waals surface area contributed by atoms with Crippen LogP contribution in [0.4, 0.5) is 11.6 Å². The Morgan fingerprint density at radius 3 is 2.50 bits per heavy atom. The molecule has 0 amide bonds. The molecule has 0 aliphatic rings. The third-order valence-electron chi connectivity index (χ3n) is 3.16. The number of anilines is 2. The van der Waals surface area contributed by atoms with E-state index < -0.39 is 0 Å². The summed E-state index contributed by atoms with van der Waals surface area (Å²) in [5.41, 5.74) is 1.23. The molecule has 0 radical (unpaired) electrons. The van der Waals surface area contributed by atoms with Gasteiger partial charge in [-0.15, -0.1) is 0 Å². The van der Waals surface area contributed by atoms with Crippen molar-refractivity contribution >= 4 is 11.6 Å². The van der Waals surface area contributed by atoms with Crippen LogP contribution in [0.2, 0.25) is 0 Å². The van der Waals surface area contributed by atoms with Gasteiger partial charge in [-0.25, -0.2) is 9.97 Å². The van der Waals surface area contributed by atoms with Crippen LogP contribution in [0, 0.1) is 0 Å². The zero-order valence-corrected chi connectivity index (χ0v) is 12.3. The maximum absolute atomic E-state index is 4.63. The summed E-state index contributed by atoms with van der Waals surface area (Å²) >= 11 is 0. The van der Waals surface area contributed by atoms with E-state index in [1.54, 1.807) is 0 Å². The average Bonchev–Trinajstić information content (AvgIpc) is 2.53. The molecular formula is C15H21N5. The molecule has 0 atom stereocenters. The van der Waals surface area contributed by atoms with Crippen LogP contribution in [0.3, 0.4) is 0 Å². The van der Waals surface area contributed by atoms with Crippen LogP contribution >= 0.6 is 0 Å². The minimum atomic E-state index is 0.822. The van der Waals surface area contributed by atoms with Crippen molar-refractivity contribution in [3.05, 3.63) is 42.0 Å². The SMILES string of the molecule is CCc1nc(NC)cc(N(CC)Cc2ccncc2)n1. The summed E-state index contributed by atoms with van der Waals surface area (Å²) in [5.74, 6) is 2.68. The minimum absolute atomic E-state index is 0.822. The molecule has 0 saturated heterocycles. The van der Waals surface area contributed by atoms with Crippen molar-refractivity contribution in [2.45, 2.75) is 26.8 Å². The number of aromatic nitrogens is 3. The monoisotopic (exact) mass is 271 g/mol. The van der Waals surface area contributed by atoms with Crippen molar-refractivity contribution < 1.29 is 0 Å². The molecule has 5 heteroatoms. The summed E-state index contributed by atoms with van der Waals surface area (Å²) in [6.07, 6.45) is 4.47. The maximum atomic E-state index is 4.63. The zero-order chi connectivity index (χ0) is 14.4. The lowest BCUT2D eigenvalue weighted by molar-refractivity contribution is 0.796. The van der Waals surface area contributed by atoms with Gasteiger partial charge in [0.25, 0.3) is 0 Å². The molecule has 2 aromatic rings. The maximum Gasteiger partial charge on any atom is 0.134 e. The molecule has 0 aliphatic heterocycles. The molecule has 0 saturated carbocycles. The summed E-state index contributed by atoms with van der Waals surface area (Å²) in [4.78, 5) is 15.3. The van der Waals surface area contributed by atoms with Crippen LogP contribution in [-0.2, 0) is 13.0 Å². The van der Waals surface area contributed by atoms with Crippen LogP contribution in [0.1, 0.15) is 25.2 Å². The molecule has 0 unspecified atom stereocenters. The molecule has 5 nitrogen and oxygen atoms in total. The van der Waals surface area contributed by atoms with Gasteiger partial charge < -0.3 is 10.2 Å². The highest BCUT2D eigenvalue weighted by molar-refractivity contribution is 5.49. The van der Waals surface area contributed by atoms with Gasteiger partial charge in [0, 0.05) is 45.0 Å². The molecule has 1 N–H and O–H groups in total. The summed E-state index contributed by atoms with van der Waals surface area (Å²) in [5, 5.41) is 3.10. The van der Waals surface area contributed by atoms with Gasteiger partial charge in [0.05, 0.1) is 0 Å². The van der Waals surface area contributed by atoms with Crippen molar-refractivity contribution in [3.63, 3.8) is 0 Å². The molecule has 0 bridgehead atoms. The quantitative estimate of drug-likeness (QED) is 0.875. The Morgan fingerprint density at radius 2 is 1.90 bits per heavy atom. The summed E-state index contributed by atoms with van der Waals surface area (Å²) in [6.45, 7) is 5.92. The molecule has 20 heavy (non-hydrogen) atoms. The molecule has 0 fully saturated rings. The summed E-state index contributed by atoms with van der Waals surface area (Å²) in [6, 6.07) is 6.05. The molecule has 0 aromatic carbocycles. The fraction of sp³-hybridized carbons (Fsp3) is 0.400. The number of nitrogens with one attached hydrogen (secondary N) is 1. The number of hydrogen-bond donors (Lipinski definition) is 1. The van der Waals surface area contributed by atoms with Crippen molar-refractivity contribution in [1.29, 1.82) is 0 Å².